The molecule has 90 valence electrons. The molecule has 2 aromatic rings. The van der Waals surface area contributed by atoms with Gasteiger partial charge in [-0.05, 0) is 37.2 Å². The molecule has 1 N–H and O–H groups in total. The number of nitrogens with zero attached hydrogens (tertiary/aromatic N) is 2. The van der Waals surface area contributed by atoms with E-state index in [1.165, 1.54) is 0 Å². The van der Waals surface area contributed by atoms with Crippen molar-refractivity contribution in [3.05, 3.63) is 34.1 Å². The maximum absolute atomic E-state index is 5.57. The van der Waals surface area contributed by atoms with E-state index in [0.717, 1.165) is 22.1 Å². The average Bonchev–Trinajstić information content (AvgIpc) is 2.79. The molecule has 0 radical (unpaired) electrons. The maximum atomic E-state index is 5.57. The molecule has 0 aliphatic carbocycles. The monoisotopic (exact) mass is 295 g/mol. The van der Waals surface area contributed by atoms with Crippen LogP contribution >= 0.6 is 15.9 Å². The number of aryl methyl sites for hydroxylation is 1. The first-order valence-corrected chi connectivity index (χ1v) is 6.29. The van der Waals surface area contributed by atoms with Gasteiger partial charge in [-0.2, -0.15) is 0 Å². The van der Waals surface area contributed by atoms with E-state index >= 15 is 0 Å². The zero-order valence-electron chi connectivity index (χ0n) is 9.83. The van der Waals surface area contributed by atoms with E-state index in [4.69, 9.17) is 4.42 Å². The average molecular weight is 296 g/mol. The summed E-state index contributed by atoms with van der Waals surface area (Å²) in [5.74, 6) is 1.18. The van der Waals surface area contributed by atoms with Gasteiger partial charge in [0, 0.05) is 10.0 Å². The molecule has 0 saturated heterocycles. The predicted molar refractivity (Wildman–Crippen MR) is 69.6 cm³/mol. The van der Waals surface area contributed by atoms with Gasteiger partial charge >= 0.3 is 0 Å². The Balaban J connectivity index is 2.21. The molecule has 0 aliphatic heterocycles. The van der Waals surface area contributed by atoms with Gasteiger partial charge in [0.15, 0.2) is 0 Å². The number of halogens is 1. The third-order valence-electron chi connectivity index (χ3n) is 2.40. The minimum absolute atomic E-state index is 0.563. The Kier molecular flexibility index (Phi) is 3.91. The van der Waals surface area contributed by atoms with E-state index in [0.29, 0.717) is 18.3 Å². The Hall–Kier alpha value is -1.20. The van der Waals surface area contributed by atoms with Crippen LogP contribution < -0.4 is 5.32 Å². The number of nitrogens with one attached hydrogen (secondary N) is 1. The zero-order chi connectivity index (χ0) is 12.3. The lowest BCUT2D eigenvalue weighted by Gasteiger charge is -1.99. The van der Waals surface area contributed by atoms with Crippen LogP contribution in [0.25, 0.3) is 11.5 Å². The summed E-state index contributed by atoms with van der Waals surface area (Å²) >= 11 is 3.46. The number of hydrogen-bond acceptors (Lipinski definition) is 4. The predicted octanol–water partition coefficient (Wildman–Crippen LogP) is 2.92. The van der Waals surface area contributed by atoms with Crippen molar-refractivity contribution in [2.45, 2.75) is 20.4 Å². The summed E-state index contributed by atoms with van der Waals surface area (Å²) in [5.41, 5.74) is 2.09. The lowest BCUT2D eigenvalue weighted by molar-refractivity contribution is 0.482. The Morgan fingerprint density at radius 2 is 2.18 bits per heavy atom. The van der Waals surface area contributed by atoms with Crippen molar-refractivity contribution >= 4 is 15.9 Å². The molecule has 0 bridgehead atoms. The number of hydrogen-bond donors (Lipinski definition) is 1. The number of rotatable bonds is 4. The molecule has 0 unspecified atom stereocenters. The molecule has 0 spiro atoms. The second kappa shape index (κ2) is 5.42. The highest BCUT2D eigenvalue weighted by atomic mass is 79.9. The van der Waals surface area contributed by atoms with Gasteiger partial charge in [0.05, 0.1) is 6.54 Å². The molecule has 0 amide bonds. The molecule has 5 heteroatoms. The van der Waals surface area contributed by atoms with Crippen molar-refractivity contribution in [2.24, 2.45) is 0 Å². The highest BCUT2D eigenvalue weighted by Gasteiger charge is 2.08. The Labute approximate surface area is 109 Å². The van der Waals surface area contributed by atoms with Crippen molar-refractivity contribution in [3.8, 4) is 11.5 Å². The summed E-state index contributed by atoms with van der Waals surface area (Å²) < 4.78 is 6.64. The third-order valence-corrected chi connectivity index (χ3v) is 3.29. The van der Waals surface area contributed by atoms with Crippen molar-refractivity contribution in [2.75, 3.05) is 6.54 Å². The molecule has 1 aromatic heterocycles. The fourth-order valence-electron chi connectivity index (χ4n) is 1.45. The van der Waals surface area contributed by atoms with Crippen LogP contribution in [0.4, 0.5) is 0 Å². The molecule has 0 fully saturated rings. The summed E-state index contributed by atoms with van der Waals surface area (Å²) in [7, 11) is 0. The fourth-order valence-corrected chi connectivity index (χ4v) is 1.70. The highest BCUT2D eigenvalue weighted by molar-refractivity contribution is 9.10. The van der Waals surface area contributed by atoms with Crippen molar-refractivity contribution < 1.29 is 4.42 Å². The van der Waals surface area contributed by atoms with E-state index in [-0.39, 0.29) is 0 Å². The molecule has 17 heavy (non-hydrogen) atoms. The van der Waals surface area contributed by atoms with Crippen molar-refractivity contribution in [3.63, 3.8) is 0 Å². The fraction of sp³-hybridized carbons (Fsp3) is 0.333. The summed E-state index contributed by atoms with van der Waals surface area (Å²) in [4.78, 5) is 0. The Morgan fingerprint density at radius 3 is 2.88 bits per heavy atom. The smallest absolute Gasteiger partial charge is 0.247 e. The first kappa shape index (κ1) is 12.3. The van der Waals surface area contributed by atoms with Gasteiger partial charge in [-0.25, -0.2) is 0 Å². The normalized spacial score (nSPS) is 10.8. The first-order chi connectivity index (χ1) is 8.20. The molecule has 0 atom stereocenters. The van der Waals surface area contributed by atoms with E-state index in [1.807, 2.05) is 32.0 Å². The van der Waals surface area contributed by atoms with E-state index in [9.17, 15) is 0 Å². The SMILES string of the molecule is CCNCc1nnc(-c2ccc(Br)c(C)c2)o1. The molecule has 0 aliphatic rings. The lowest BCUT2D eigenvalue weighted by Crippen LogP contribution is -2.11. The zero-order valence-corrected chi connectivity index (χ0v) is 11.4. The van der Waals surface area contributed by atoms with Crippen molar-refractivity contribution in [1.82, 2.24) is 15.5 Å². The van der Waals surface area contributed by atoms with Crippen LogP contribution in [0.15, 0.2) is 27.1 Å². The summed E-state index contributed by atoms with van der Waals surface area (Å²) in [6, 6.07) is 5.97. The molecule has 1 heterocycles. The number of aromatic nitrogens is 2. The van der Waals surface area contributed by atoms with E-state index in [2.05, 4.69) is 31.4 Å². The second-order valence-electron chi connectivity index (χ2n) is 3.75. The summed E-state index contributed by atoms with van der Waals surface area (Å²) in [5, 5.41) is 11.2. The van der Waals surface area contributed by atoms with Gasteiger partial charge in [0.2, 0.25) is 11.8 Å². The minimum Gasteiger partial charge on any atom is -0.419 e. The van der Waals surface area contributed by atoms with Gasteiger partial charge in [-0.15, -0.1) is 10.2 Å². The van der Waals surface area contributed by atoms with Gasteiger partial charge in [-0.3, -0.25) is 0 Å². The van der Waals surface area contributed by atoms with Crippen LogP contribution in [-0.4, -0.2) is 16.7 Å². The van der Waals surface area contributed by atoms with Crippen LogP contribution in [0.1, 0.15) is 18.4 Å². The van der Waals surface area contributed by atoms with Gasteiger partial charge in [0.25, 0.3) is 0 Å². The van der Waals surface area contributed by atoms with Gasteiger partial charge < -0.3 is 9.73 Å². The highest BCUT2D eigenvalue weighted by Crippen LogP contribution is 2.23. The Bertz CT molecular complexity index is 510. The Morgan fingerprint density at radius 1 is 1.35 bits per heavy atom. The second-order valence-corrected chi connectivity index (χ2v) is 4.60. The van der Waals surface area contributed by atoms with Gasteiger partial charge in [-0.1, -0.05) is 22.9 Å². The van der Waals surface area contributed by atoms with E-state index in [1.54, 1.807) is 0 Å². The standard InChI is InChI=1S/C12H14BrN3O/c1-3-14-7-11-15-16-12(17-11)9-4-5-10(13)8(2)6-9/h4-6,14H,3,7H2,1-2H3. The molecular weight excluding hydrogens is 282 g/mol. The lowest BCUT2D eigenvalue weighted by atomic mass is 10.1. The number of benzene rings is 1. The summed E-state index contributed by atoms with van der Waals surface area (Å²) in [6.07, 6.45) is 0. The third kappa shape index (κ3) is 2.92. The minimum atomic E-state index is 0.563. The van der Waals surface area contributed by atoms with Crippen LogP contribution in [0.2, 0.25) is 0 Å². The van der Waals surface area contributed by atoms with Crippen LogP contribution in [-0.2, 0) is 6.54 Å². The molecule has 0 saturated carbocycles. The molecule has 2 rings (SSSR count). The molecular formula is C12H14BrN3O. The van der Waals surface area contributed by atoms with Crippen LogP contribution in [0.5, 0.6) is 0 Å². The van der Waals surface area contributed by atoms with Crippen molar-refractivity contribution in [1.29, 1.82) is 0 Å². The van der Waals surface area contributed by atoms with Crippen LogP contribution in [0.3, 0.4) is 0 Å². The quantitative estimate of drug-likeness (QED) is 0.942. The maximum Gasteiger partial charge on any atom is 0.247 e. The first-order valence-electron chi connectivity index (χ1n) is 5.50. The molecule has 4 nitrogen and oxygen atoms in total. The van der Waals surface area contributed by atoms with Gasteiger partial charge in [0.1, 0.15) is 0 Å². The van der Waals surface area contributed by atoms with Crippen LogP contribution in [0, 0.1) is 6.92 Å². The van der Waals surface area contributed by atoms with E-state index < -0.39 is 0 Å². The molecule has 1 aromatic carbocycles. The topological polar surface area (TPSA) is 51.0 Å². The largest absolute Gasteiger partial charge is 0.419 e. The summed E-state index contributed by atoms with van der Waals surface area (Å²) in [6.45, 7) is 5.56.